The lowest BCUT2D eigenvalue weighted by atomic mass is 10.2. The number of unbranched alkanes of at least 4 members (excludes halogenated alkanes) is 4. The maximum absolute atomic E-state index is 5.58. The summed E-state index contributed by atoms with van der Waals surface area (Å²) in [6.07, 6.45) is 9.45. The first-order valence-electron chi connectivity index (χ1n) is 7.33. The molecule has 17 heavy (non-hydrogen) atoms. The Morgan fingerprint density at radius 3 is 2.82 bits per heavy atom. The minimum atomic E-state index is 0.448. The Morgan fingerprint density at radius 1 is 1.18 bits per heavy atom. The number of rotatable bonds is 11. The van der Waals surface area contributed by atoms with Gasteiger partial charge in [0.1, 0.15) is 0 Å². The lowest BCUT2D eigenvalue weighted by Crippen LogP contribution is -2.29. The summed E-state index contributed by atoms with van der Waals surface area (Å²) in [5.41, 5.74) is 0. The summed E-state index contributed by atoms with van der Waals surface area (Å²) in [6.45, 7) is 6.89. The van der Waals surface area contributed by atoms with Gasteiger partial charge in [0.05, 0.1) is 12.7 Å². The van der Waals surface area contributed by atoms with Crippen LogP contribution in [-0.4, -0.2) is 39.0 Å². The van der Waals surface area contributed by atoms with Crippen molar-refractivity contribution in [3.8, 4) is 0 Å². The molecule has 1 unspecified atom stereocenters. The molecule has 0 saturated carbocycles. The Bertz CT molecular complexity index is 158. The van der Waals surface area contributed by atoms with Crippen molar-refractivity contribution in [2.45, 2.75) is 58.0 Å². The molecule has 0 radical (unpaired) electrons. The second kappa shape index (κ2) is 11.0. The average Bonchev–Trinajstić information content (AvgIpc) is 2.85. The minimum absolute atomic E-state index is 0.448. The second-order valence-electron chi connectivity index (χ2n) is 4.87. The van der Waals surface area contributed by atoms with Crippen LogP contribution in [0.5, 0.6) is 0 Å². The monoisotopic (exact) mass is 243 g/mol. The third kappa shape index (κ3) is 8.58. The molecule has 0 aromatic rings. The molecule has 1 fully saturated rings. The zero-order chi connectivity index (χ0) is 12.2. The zero-order valence-corrected chi connectivity index (χ0v) is 11.4. The van der Waals surface area contributed by atoms with Crippen molar-refractivity contribution in [1.29, 1.82) is 0 Å². The summed E-state index contributed by atoms with van der Waals surface area (Å²) in [5.74, 6) is 0. The predicted molar refractivity (Wildman–Crippen MR) is 71.4 cm³/mol. The van der Waals surface area contributed by atoms with E-state index in [9.17, 15) is 0 Å². The molecule has 0 aromatic heterocycles. The van der Waals surface area contributed by atoms with Gasteiger partial charge >= 0.3 is 0 Å². The Morgan fingerprint density at radius 2 is 2.06 bits per heavy atom. The number of hydrogen-bond acceptors (Lipinski definition) is 3. The SMILES string of the molecule is CCCCCCCOCCNCC1CCCO1. The van der Waals surface area contributed by atoms with Gasteiger partial charge in [-0.2, -0.15) is 0 Å². The van der Waals surface area contributed by atoms with Crippen molar-refractivity contribution in [2.75, 3.05) is 32.9 Å². The second-order valence-corrected chi connectivity index (χ2v) is 4.87. The fraction of sp³-hybridized carbons (Fsp3) is 1.00. The van der Waals surface area contributed by atoms with Gasteiger partial charge in [-0.3, -0.25) is 0 Å². The fourth-order valence-electron chi connectivity index (χ4n) is 2.12. The molecule has 0 spiro atoms. The van der Waals surface area contributed by atoms with Crippen LogP contribution < -0.4 is 5.32 Å². The van der Waals surface area contributed by atoms with Crippen LogP contribution in [0.2, 0.25) is 0 Å². The molecule has 1 aliphatic rings. The van der Waals surface area contributed by atoms with Gasteiger partial charge < -0.3 is 14.8 Å². The maximum Gasteiger partial charge on any atom is 0.0700 e. The first-order chi connectivity index (χ1) is 8.43. The Balaban J connectivity index is 1.69. The van der Waals surface area contributed by atoms with E-state index in [0.717, 1.165) is 32.9 Å². The Kier molecular flexibility index (Phi) is 9.66. The van der Waals surface area contributed by atoms with Crippen LogP contribution in [0, 0.1) is 0 Å². The highest BCUT2D eigenvalue weighted by Gasteiger charge is 2.13. The van der Waals surface area contributed by atoms with Crippen molar-refractivity contribution in [1.82, 2.24) is 5.32 Å². The first-order valence-corrected chi connectivity index (χ1v) is 7.33. The minimum Gasteiger partial charge on any atom is -0.380 e. The summed E-state index contributed by atoms with van der Waals surface area (Å²) in [6, 6.07) is 0. The van der Waals surface area contributed by atoms with Crippen molar-refractivity contribution < 1.29 is 9.47 Å². The lowest BCUT2D eigenvalue weighted by Gasteiger charge is -2.10. The largest absolute Gasteiger partial charge is 0.380 e. The third-order valence-electron chi connectivity index (χ3n) is 3.21. The highest BCUT2D eigenvalue weighted by molar-refractivity contribution is 4.66. The summed E-state index contributed by atoms with van der Waals surface area (Å²) in [7, 11) is 0. The van der Waals surface area contributed by atoms with Gasteiger partial charge in [-0.1, -0.05) is 32.6 Å². The smallest absolute Gasteiger partial charge is 0.0700 e. The summed E-state index contributed by atoms with van der Waals surface area (Å²) in [4.78, 5) is 0. The topological polar surface area (TPSA) is 30.5 Å². The van der Waals surface area contributed by atoms with E-state index in [0.29, 0.717) is 6.10 Å². The highest BCUT2D eigenvalue weighted by atomic mass is 16.5. The van der Waals surface area contributed by atoms with Gasteiger partial charge in [0, 0.05) is 26.3 Å². The molecule has 1 saturated heterocycles. The van der Waals surface area contributed by atoms with E-state index < -0.39 is 0 Å². The maximum atomic E-state index is 5.58. The Hall–Kier alpha value is -0.120. The molecule has 3 nitrogen and oxygen atoms in total. The molecular weight excluding hydrogens is 214 g/mol. The number of hydrogen-bond donors (Lipinski definition) is 1. The standard InChI is InChI=1S/C14H29NO2/c1-2-3-4-5-6-10-16-12-9-15-13-14-8-7-11-17-14/h14-15H,2-13H2,1H3. The van der Waals surface area contributed by atoms with Crippen LogP contribution in [0.15, 0.2) is 0 Å². The zero-order valence-electron chi connectivity index (χ0n) is 11.4. The van der Waals surface area contributed by atoms with Gasteiger partial charge in [0.25, 0.3) is 0 Å². The highest BCUT2D eigenvalue weighted by Crippen LogP contribution is 2.10. The molecule has 0 amide bonds. The number of ether oxygens (including phenoxy) is 2. The third-order valence-corrected chi connectivity index (χ3v) is 3.21. The molecule has 0 bridgehead atoms. The van der Waals surface area contributed by atoms with Crippen LogP contribution >= 0.6 is 0 Å². The normalized spacial score (nSPS) is 19.9. The van der Waals surface area contributed by atoms with Crippen molar-refractivity contribution in [3.05, 3.63) is 0 Å². The first kappa shape index (κ1) is 14.9. The lowest BCUT2D eigenvalue weighted by molar-refractivity contribution is 0.101. The van der Waals surface area contributed by atoms with Crippen LogP contribution in [-0.2, 0) is 9.47 Å². The Labute approximate surface area is 106 Å². The molecule has 1 aliphatic heterocycles. The van der Waals surface area contributed by atoms with E-state index >= 15 is 0 Å². The van der Waals surface area contributed by atoms with Gasteiger partial charge in [0.15, 0.2) is 0 Å². The molecule has 0 aromatic carbocycles. The van der Waals surface area contributed by atoms with E-state index in [1.165, 1.54) is 44.9 Å². The predicted octanol–water partition coefficient (Wildman–Crippen LogP) is 2.74. The van der Waals surface area contributed by atoms with Gasteiger partial charge in [0.2, 0.25) is 0 Å². The molecule has 1 rings (SSSR count). The summed E-state index contributed by atoms with van der Waals surface area (Å²) >= 11 is 0. The van der Waals surface area contributed by atoms with E-state index in [4.69, 9.17) is 9.47 Å². The molecule has 3 heteroatoms. The van der Waals surface area contributed by atoms with Crippen LogP contribution in [0.25, 0.3) is 0 Å². The van der Waals surface area contributed by atoms with Crippen LogP contribution in [0.4, 0.5) is 0 Å². The van der Waals surface area contributed by atoms with Crippen molar-refractivity contribution >= 4 is 0 Å². The molecule has 102 valence electrons. The number of nitrogens with one attached hydrogen (secondary N) is 1. The molecular formula is C14H29NO2. The van der Waals surface area contributed by atoms with Crippen LogP contribution in [0.1, 0.15) is 51.9 Å². The van der Waals surface area contributed by atoms with Gasteiger partial charge in [-0.25, -0.2) is 0 Å². The fourth-order valence-corrected chi connectivity index (χ4v) is 2.12. The van der Waals surface area contributed by atoms with Crippen LogP contribution in [0.3, 0.4) is 0 Å². The van der Waals surface area contributed by atoms with Crippen molar-refractivity contribution in [2.24, 2.45) is 0 Å². The van der Waals surface area contributed by atoms with E-state index in [-0.39, 0.29) is 0 Å². The molecule has 1 N–H and O–H groups in total. The molecule has 1 heterocycles. The van der Waals surface area contributed by atoms with Gasteiger partial charge in [-0.05, 0) is 19.3 Å². The van der Waals surface area contributed by atoms with E-state index in [2.05, 4.69) is 12.2 Å². The van der Waals surface area contributed by atoms with Crippen molar-refractivity contribution in [3.63, 3.8) is 0 Å². The average molecular weight is 243 g/mol. The quantitative estimate of drug-likeness (QED) is 0.566. The van der Waals surface area contributed by atoms with E-state index in [1.54, 1.807) is 0 Å². The summed E-state index contributed by atoms with van der Waals surface area (Å²) in [5, 5.41) is 3.39. The summed E-state index contributed by atoms with van der Waals surface area (Å²) < 4.78 is 11.1. The molecule has 0 aliphatic carbocycles. The van der Waals surface area contributed by atoms with E-state index in [1.807, 2.05) is 0 Å². The molecule has 1 atom stereocenters. The van der Waals surface area contributed by atoms with Gasteiger partial charge in [-0.15, -0.1) is 0 Å².